The zero-order valence-corrected chi connectivity index (χ0v) is 14.4. The van der Waals surface area contributed by atoms with Crippen molar-refractivity contribution in [3.63, 3.8) is 0 Å². The van der Waals surface area contributed by atoms with Gasteiger partial charge in [-0.25, -0.2) is 0 Å². The maximum absolute atomic E-state index is 10.7. The number of aromatic nitrogens is 1. The van der Waals surface area contributed by atoms with Crippen LogP contribution in [0.25, 0.3) is 10.9 Å². The largest absolute Gasteiger partial charge is 0.504 e. The number of aromatic hydroxyl groups is 1. The molecule has 1 unspecified atom stereocenters. The maximum Gasteiger partial charge on any atom is 0.162 e. The Hall–Kier alpha value is -2.46. The lowest BCUT2D eigenvalue weighted by molar-refractivity contribution is 0.245. The summed E-state index contributed by atoms with van der Waals surface area (Å²) < 4.78 is 5.31. The first-order valence-electron chi connectivity index (χ1n) is 8.37. The molecule has 2 N–H and O–H groups in total. The fraction of sp³-hybridized carbons (Fsp3) is 0.300. The minimum Gasteiger partial charge on any atom is -0.504 e. The van der Waals surface area contributed by atoms with Gasteiger partial charge in [0.05, 0.1) is 13.2 Å². The molecule has 1 aromatic heterocycles. The predicted molar refractivity (Wildman–Crippen MR) is 97.7 cm³/mol. The Morgan fingerprint density at radius 3 is 2.50 bits per heavy atom. The van der Waals surface area contributed by atoms with Gasteiger partial charge in [0.1, 0.15) is 0 Å². The molecule has 24 heavy (non-hydrogen) atoms. The molecule has 0 saturated carbocycles. The Kier molecular flexibility index (Phi) is 4.76. The number of fused-ring (bicyclic) bond motifs is 1. The Labute approximate surface area is 142 Å². The maximum atomic E-state index is 10.7. The fourth-order valence-electron chi connectivity index (χ4n) is 3.39. The molecule has 0 spiro atoms. The summed E-state index contributed by atoms with van der Waals surface area (Å²) in [4.78, 5) is 5.69. The van der Waals surface area contributed by atoms with Crippen molar-refractivity contribution in [1.29, 1.82) is 0 Å². The molecular formula is C20H24N2O2. The molecule has 126 valence electrons. The third-order valence-corrected chi connectivity index (χ3v) is 4.64. The summed E-state index contributed by atoms with van der Waals surface area (Å²) in [7, 11) is 1.58. The summed E-state index contributed by atoms with van der Waals surface area (Å²) in [6, 6.07) is 13.9. The third-order valence-electron chi connectivity index (χ3n) is 4.64. The molecule has 1 heterocycles. The molecule has 0 aliphatic carbocycles. The molecule has 0 aliphatic heterocycles. The van der Waals surface area contributed by atoms with Crippen molar-refractivity contribution in [3.8, 4) is 11.5 Å². The van der Waals surface area contributed by atoms with Crippen molar-refractivity contribution in [2.24, 2.45) is 0 Å². The molecule has 3 aromatic rings. The van der Waals surface area contributed by atoms with Crippen LogP contribution in [0.1, 0.15) is 31.0 Å². The third kappa shape index (κ3) is 2.74. The average Bonchev–Trinajstić information content (AvgIpc) is 3.04. The van der Waals surface area contributed by atoms with E-state index < -0.39 is 0 Å². The van der Waals surface area contributed by atoms with Crippen LogP contribution in [-0.4, -0.2) is 35.2 Å². The van der Waals surface area contributed by atoms with Gasteiger partial charge in [0, 0.05) is 22.7 Å². The number of methoxy groups -OCH3 is 1. The van der Waals surface area contributed by atoms with Gasteiger partial charge in [0.25, 0.3) is 0 Å². The number of ether oxygens (including phenoxy) is 1. The van der Waals surface area contributed by atoms with Crippen LogP contribution in [0.15, 0.2) is 48.7 Å². The van der Waals surface area contributed by atoms with E-state index in [1.807, 2.05) is 30.5 Å². The van der Waals surface area contributed by atoms with E-state index in [0.29, 0.717) is 5.75 Å². The molecule has 3 rings (SSSR count). The predicted octanol–water partition coefficient (Wildman–Crippen LogP) is 4.31. The fourth-order valence-corrected chi connectivity index (χ4v) is 3.39. The van der Waals surface area contributed by atoms with E-state index in [4.69, 9.17) is 4.74 Å². The first kappa shape index (κ1) is 16.4. The monoisotopic (exact) mass is 324 g/mol. The zero-order chi connectivity index (χ0) is 17.1. The van der Waals surface area contributed by atoms with E-state index >= 15 is 0 Å². The molecule has 0 bridgehead atoms. The van der Waals surface area contributed by atoms with Crippen LogP contribution in [0.5, 0.6) is 11.5 Å². The number of H-pyrrole nitrogens is 1. The van der Waals surface area contributed by atoms with Crippen LogP contribution in [0.2, 0.25) is 0 Å². The van der Waals surface area contributed by atoms with E-state index in [1.165, 1.54) is 5.39 Å². The van der Waals surface area contributed by atoms with Crippen LogP contribution < -0.4 is 4.74 Å². The number of aromatic amines is 1. The Morgan fingerprint density at radius 1 is 1.04 bits per heavy atom. The van der Waals surface area contributed by atoms with Crippen molar-refractivity contribution in [3.05, 3.63) is 59.8 Å². The summed E-state index contributed by atoms with van der Waals surface area (Å²) in [5.41, 5.74) is 3.13. The minimum atomic E-state index is -0.0359. The number of nitrogens with zero attached hydrogens (tertiary/aromatic N) is 1. The summed E-state index contributed by atoms with van der Waals surface area (Å²) in [6.45, 7) is 6.06. The number of phenolic OH excluding ortho intramolecular Hbond substituents is 1. The number of hydrogen-bond donors (Lipinski definition) is 2. The van der Waals surface area contributed by atoms with E-state index in [2.05, 4.69) is 35.9 Å². The van der Waals surface area contributed by atoms with Gasteiger partial charge in [-0.05, 0) is 30.8 Å². The number of hydrogen-bond acceptors (Lipinski definition) is 3. The quantitative estimate of drug-likeness (QED) is 0.710. The highest BCUT2D eigenvalue weighted by Crippen LogP contribution is 2.41. The van der Waals surface area contributed by atoms with Gasteiger partial charge in [0.15, 0.2) is 11.5 Å². The van der Waals surface area contributed by atoms with Crippen molar-refractivity contribution in [1.82, 2.24) is 9.88 Å². The molecule has 0 aliphatic rings. The summed E-state index contributed by atoms with van der Waals surface area (Å²) >= 11 is 0. The van der Waals surface area contributed by atoms with E-state index in [1.54, 1.807) is 13.2 Å². The molecule has 0 fully saturated rings. The lowest BCUT2D eigenvalue weighted by Crippen LogP contribution is -2.29. The minimum absolute atomic E-state index is 0.0359. The van der Waals surface area contributed by atoms with Gasteiger partial charge in [0.2, 0.25) is 0 Å². The van der Waals surface area contributed by atoms with Crippen LogP contribution in [-0.2, 0) is 0 Å². The van der Waals surface area contributed by atoms with Gasteiger partial charge < -0.3 is 14.8 Å². The normalized spacial score (nSPS) is 12.7. The number of phenols is 1. The molecule has 0 saturated heterocycles. The van der Waals surface area contributed by atoms with Crippen LogP contribution in [0.4, 0.5) is 0 Å². The van der Waals surface area contributed by atoms with Gasteiger partial charge in [-0.3, -0.25) is 4.90 Å². The molecular weight excluding hydrogens is 300 g/mol. The second kappa shape index (κ2) is 6.97. The molecule has 1 atom stereocenters. The summed E-state index contributed by atoms with van der Waals surface area (Å²) in [5, 5.41) is 11.9. The first-order valence-corrected chi connectivity index (χ1v) is 8.37. The Balaban J connectivity index is 2.21. The topological polar surface area (TPSA) is 48.5 Å². The van der Waals surface area contributed by atoms with Crippen molar-refractivity contribution in [2.75, 3.05) is 20.2 Å². The molecule has 4 nitrogen and oxygen atoms in total. The second-order valence-electron chi connectivity index (χ2n) is 5.81. The van der Waals surface area contributed by atoms with Crippen LogP contribution >= 0.6 is 0 Å². The van der Waals surface area contributed by atoms with Gasteiger partial charge in [-0.1, -0.05) is 44.2 Å². The molecule has 4 heteroatoms. The van der Waals surface area contributed by atoms with E-state index in [9.17, 15) is 5.11 Å². The first-order chi connectivity index (χ1) is 11.7. The van der Waals surface area contributed by atoms with Crippen LogP contribution in [0.3, 0.4) is 0 Å². The highest BCUT2D eigenvalue weighted by Gasteiger charge is 2.26. The molecule has 0 amide bonds. The highest BCUT2D eigenvalue weighted by atomic mass is 16.5. The highest BCUT2D eigenvalue weighted by molar-refractivity contribution is 5.84. The molecule has 2 aromatic carbocycles. The standard InChI is InChI=1S/C20H24N2O2/c1-4-22(5-2)19(15-10-8-12-18(24-3)20(15)23)16-13-21-17-11-7-6-9-14(16)17/h6-13,19,21,23H,4-5H2,1-3H3. The van der Waals surface area contributed by atoms with Gasteiger partial charge >= 0.3 is 0 Å². The number of benzene rings is 2. The lowest BCUT2D eigenvalue weighted by Gasteiger charge is -2.30. The summed E-state index contributed by atoms with van der Waals surface area (Å²) in [5.74, 6) is 0.715. The summed E-state index contributed by atoms with van der Waals surface area (Å²) in [6.07, 6.45) is 2.05. The van der Waals surface area contributed by atoms with Crippen molar-refractivity contribution in [2.45, 2.75) is 19.9 Å². The SMILES string of the molecule is CCN(CC)C(c1cccc(OC)c1O)c1c[nH]c2ccccc12. The Morgan fingerprint density at radius 2 is 1.79 bits per heavy atom. The lowest BCUT2D eigenvalue weighted by atomic mass is 9.95. The number of rotatable bonds is 6. The van der Waals surface area contributed by atoms with Crippen molar-refractivity contribution < 1.29 is 9.84 Å². The average molecular weight is 324 g/mol. The van der Waals surface area contributed by atoms with Crippen LogP contribution in [0, 0.1) is 0 Å². The number of nitrogens with one attached hydrogen (secondary N) is 1. The second-order valence-corrected chi connectivity index (χ2v) is 5.81. The van der Waals surface area contributed by atoms with Gasteiger partial charge in [-0.15, -0.1) is 0 Å². The zero-order valence-electron chi connectivity index (χ0n) is 14.4. The van der Waals surface area contributed by atoms with E-state index in [0.717, 1.165) is 29.7 Å². The van der Waals surface area contributed by atoms with Crippen molar-refractivity contribution >= 4 is 10.9 Å². The Bertz CT molecular complexity index is 821. The number of para-hydroxylation sites is 2. The van der Waals surface area contributed by atoms with Gasteiger partial charge in [-0.2, -0.15) is 0 Å². The molecule has 0 radical (unpaired) electrons. The smallest absolute Gasteiger partial charge is 0.162 e. The van der Waals surface area contributed by atoms with E-state index in [-0.39, 0.29) is 11.8 Å².